The van der Waals surface area contributed by atoms with E-state index < -0.39 is 0 Å². The predicted octanol–water partition coefficient (Wildman–Crippen LogP) is 2.47. The van der Waals surface area contributed by atoms with Gasteiger partial charge >= 0.3 is 0 Å². The summed E-state index contributed by atoms with van der Waals surface area (Å²) >= 11 is 0. The van der Waals surface area contributed by atoms with Crippen LogP contribution >= 0.6 is 0 Å². The first-order chi connectivity index (χ1) is 11.6. The van der Waals surface area contributed by atoms with Crippen LogP contribution in [0.5, 0.6) is 5.75 Å². The third kappa shape index (κ3) is 5.39. The molecule has 0 saturated carbocycles. The first kappa shape index (κ1) is 17.5. The highest BCUT2D eigenvalue weighted by molar-refractivity contribution is 5.91. The van der Waals surface area contributed by atoms with Crippen LogP contribution in [0.4, 0.5) is 5.69 Å². The van der Waals surface area contributed by atoms with Gasteiger partial charge in [-0.25, -0.2) is 0 Å². The molecule has 0 radical (unpaired) electrons. The lowest BCUT2D eigenvalue weighted by Crippen LogP contribution is -2.31. The maximum atomic E-state index is 12.1. The van der Waals surface area contributed by atoms with Crippen molar-refractivity contribution >= 4 is 17.5 Å². The summed E-state index contributed by atoms with van der Waals surface area (Å²) in [6.07, 6.45) is 3.62. The predicted molar refractivity (Wildman–Crippen MR) is 91.6 cm³/mol. The van der Waals surface area contributed by atoms with Crippen molar-refractivity contribution in [1.82, 2.24) is 9.88 Å². The van der Waals surface area contributed by atoms with Crippen LogP contribution in [-0.2, 0) is 16.1 Å². The molecular weight excluding hydrogens is 306 g/mol. The summed E-state index contributed by atoms with van der Waals surface area (Å²) in [4.78, 5) is 29.5. The Balaban J connectivity index is 1.89. The third-order valence-corrected chi connectivity index (χ3v) is 3.50. The van der Waals surface area contributed by atoms with E-state index in [0.29, 0.717) is 24.5 Å². The summed E-state index contributed by atoms with van der Waals surface area (Å²) in [6.45, 7) is 2.28. The Morgan fingerprint density at radius 3 is 2.75 bits per heavy atom. The van der Waals surface area contributed by atoms with Crippen molar-refractivity contribution < 1.29 is 14.3 Å². The van der Waals surface area contributed by atoms with Crippen LogP contribution in [0.3, 0.4) is 0 Å². The molecule has 0 spiro atoms. The second kappa shape index (κ2) is 8.67. The van der Waals surface area contributed by atoms with Gasteiger partial charge in [-0.3, -0.25) is 14.6 Å². The number of benzene rings is 1. The fourth-order valence-corrected chi connectivity index (χ4v) is 2.22. The van der Waals surface area contributed by atoms with Gasteiger partial charge in [-0.15, -0.1) is 0 Å². The second-order valence-electron chi connectivity index (χ2n) is 5.33. The van der Waals surface area contributed by atoms with E-state index in [0.717, 1.165) is 5.56 Å². The number of pyridine rings is 1. The van der Waals surface area contributed by atoms with E-state index in [4.69, 9.17) is 4.74 Å². The fourth-order valence-electron chi connectivity index (χ4n) is 2.22. The van der Waals surface area contributed by atoms with Gasteiger partial charge in [0.1, 0.15) is 5.75 Å². The average Bonchev–Trinajstić information content (AvgIpc) is 2.59. The number of methoxy groups -OCH3 is 1. The standard InChI is InChI=1S/C18H21N3O3/c1-14(22)21(13-15-5-4-9-19-12-15)10-8-18(23)20-16-6-3-7-17(11-16)24-2/h3-7,9,11-12H,8,10,13H2,1-2H3,(H,20,23). The Morgan fingerprint density at radius 1 is 1.25 bits per heavy atom. The molecule has 2 aromatic rings. The van der Waals surface area contributed by atoms with E-state index in [1.807, 2.05) is 12.1 Å². The molecule has 6 nitrogen and oxygen atoms in total. The Kier molecular flexibility index (Phi) is 6.31. The molecule has 2 amide bonds. The van der Waals surface area contributed by atoms with E-state index in [2.05, 4.69) is 10.3 Å². The highest BCUT2D eigenvalue weighted by Crippen LogP contribution is 2.16. The van der Waals surface area contributed by atoms with Crippen LogP contribution in [0, 0.1) is 0 Å². The van der Waals surface area contributed by atoms with Crippen molar-refractivity contribution in [1.29, 1.82) is 0 Å². The van der Waals surface area contributed by atoms with Crippen LogP contribution in [0.25, 0.3) is 0 Å². The highest BCUT2D eigenvalue weighted by atomic mass is 16.5. The topological polar surface area (TPSA) is 71.5 Å². The summed E-state index contributed by atoms with van der Waals surface area (Å²) in [5.41, 5.74) is 1.60. The van der Waals surface area contributed by atoms with Crippen molar-refractivity contribution in [3.63, 3.8) is 0 Å². The van der Waals surface area contributed by atoms with Gasteiger partial charge in [0.05, 0.1) is 7.11 Å². The first-order valence-electron chi connectivity index (χ1n) is 7.67. The number of nitrogens with one attached hydrogen (secondary N) is 1. The van der Waals surface area contributed by atoms with Crippen molar-refractivity contribution in [2.75, 3.05) is 19.0 Å². The molecule has 0 fully saturated rings. The van der Waals surface area contributed by atoms with Gasteiger partial charge in [-0.2, -0.15) is 0 Å². The number of hydrogen-bond donors (Lipinski definition) is 1. The van der Waals surface area contributed by atoms with Crippen molar-refractivity contribution in [3.05, 3.63) is 54.4 Å². The summed E-state index contributed by atoms with van der Waals surface area (Å²) in [5.74, 6) is 0.448. The first-order valence-corrected chi connectivity index (χ1v) is 7.67. The van der Waals surface area contributed by atoms with Gasteiger partial charge in [0.2, 0.25) is 11.8 Å². The molecule has 0 bridgehead atoms. The number of ether oxygens (including phenoxy) is 1. The van der Waals surface area contributed by atoms with Gasteiger partial charge in [-0.05, 0) is 23.8 Å². The van der Waals surface area contributed by atoms with E-state index in [1.165, 1.54) is 6.92 Å². The zero-order valence-corrected chi connectivity index (χ0v) is 13.9. The average molecular weight is 327 g/mol. The van der Waals surface area contributed by atoms with Crippen LogP contribution in [0.15, 0.2) is 48.8 Å². The van der Waals surface area contributed by atoms with Crippen molar-refractivity contribution in [2.45, 2.75) is 19.9 Å². The molecular formula is C18H21N3O3. The lowest BCUT2D eigenvalue weighted by atomic mass is 10.2. The number of rotatable bonds is 7. The molecule has 126 valence electrons. The second-order valence-corrected chi connectivity index (χ2v) is 5.33. The summed E-state index contributed by atoms with van der Waals surface area (Å²) in [5, 5.41) is 2.81. The number of carbonyl (C=O) groups is 2. The molecule has 1 heterocycles. The monoisotopic (exact) mass is 327 g/mol. The largest absolute Gasteiger partial charge is 0.497 e. The van der Waals surface area contributed by atoms with E-state index in [-0.39, 0.29) is 18.2 Å². The normalized spacial score (nSPS) is 10.1. The van der Waals surface area contributed by atoms with Gasteiger partial charge in [0.25, 0.3) is 0 Å². The third-order valence-electron chi connectivity index (χ3n) is 3.50. The summed E-state index contributed by atoms with van der Waals surface area (Å²) in [7, 11) is 1.57. The summed E-state index contributed by atoms with van der Waals surface area (Å²) < 4.78 is 5.12. The van der Waals surface area contributed by atoms with E-state index in [9.17, 15) is 9.59 Å². The minimum Gasteiger partial charge on any atom is -0.497 e. The molecule has 0 aliphatic carbocycles. The van der Waals surface area contributed by atoms with E-state index >= 15 is 0 Å². The molecule has 0 atom stereocenters. The number of hydrogen-bond acceptors (Lipinski definition) is 4. The smallest absolute Gasteiger partial charge is 0.226 e. The molecule has 0 aliphatic heterocycles. The van der Waals surface area contributed by atoms with Gasteiger partial charge in [0.15, 0.2) is 0 Å². The number of amides is 2. The number of nitrogens with zero attached hydrogens (tertiary/aromatic N) is 2. The molecule has 6 heteroatoms. The SMILES string of the molecule is COc1cccc(NC(=O)CCN(Cc2cccnc2)C(C)=O)c1. The molecule has 1 aromatic carbocycles. The highest BCUT2D eigenvalue weighted by Gasteiger charge is 2.12. The van der Waals surface area contributed by atoms with E-state index in [1.54, 1.807) is 48.7 Å². The van der Waals surface area contributed by atoms with Crippen LogP contribution in [0.2, 0.25) is 0 Å². The molecule has 1 N–H and O–H groups in total. The summed E-state index contributed by atoms with van der Waals surface area (Å²) in [6, 6.07) is 10.9. The fraction of sp³-hybridized carbons (Fsp3) is 0.278. The zero-order chi connectivity index (χ0) is 17.4. The van der Waals surface area contributed by atoms with Gasteiger partial charge in [-0.1, -0.05) is 12.1 Å². The minimum atomic E-state index is -0.152. The number of anilines is 1. The Labute approximate surface area is 141 Å². The molecule has 0 unspecified atom stereocenters. The van der Waals surface area contributed by atoms with Crippen LogP contribution < -0.4 is 10.1 Å². The minimum absolute atomic E-state index is 0.0759. The van der Waals surface area contributed by atoms with Gasteiger partial charge in [0, 0.05) is 50.6 Å². The molecule has 1 aromatic heterocycles. The maximum absolute atomic E-state index is 12.1. The Morgan fingerprint density at radius 2 is 2.08 bits per heavy atom. The molecule has 0 aliphatic rings. The molecule has 24 heavy (non-hydrogen) atoms. The van der Waals surface area contributed by atoms with Crippen LogP contribution in [0.1, 0.15) is 18.9 Å². The van der Waals surface area contributed by atoms with Crippen LogP contribution in [-0.4, -0.2) is 35.4 Å². The Hall–Kier alpha value is -2.89. The maximum Gasteiger partial charge on any atom is 0.226 e. The lowest BCUT2D eigenvalue weighted by Gasteiger charge is -2.20. The quantitative estimate of drug-likeness (QED) is 0.848. The Bertz CT molecular complexity index is 689. The lowest BCUT2D eigenvalue weighted by molar-refractivity contribution is -0.129. The molecule has 0 saturated heterocycles. The number of carbonyl (C=O) groups excluding carboxylic acids is 2. The number of aromatic nitrogens is 1. The zero-order valence-electron chi connectivity index (χ0n) is 13.9. The molecule has 2 rings (SSSR count). The van der Waals surface area contributed by atoms with Crippen molar-refractivity contribution in [3.8, 4) is 5.75 Å². The van der Waals surface area contributed by atoms with Crippen molar-refractivity contribution in [2.24, 2.45) is 0 Å². The van der Waals surface area contributed by atoms with Gasteiger partial charge < -0.3 is 15.0 Å².